The zero-order chi connectivity index (χ0) is 13.9. The van der Waals surface area contributed by atoms with Crippen LogP contribution in [0.15, 0.2) is 6.07 Å². The Bertz CT molecular complexity index is 461. The molecule has 1 saturated carbocycles. The summed E-state index contributed by atoms with van der Waals surface area (Å²) in [6.45, 7) is 4.29. The molecule has 1 aromatic rings. The van der Waals surface area contributed by atoms with Crippen LogP contribution >= 0.6 is 11.8 Å². The van der Waals surface area contributed by atoms with Gasteiger partial charge in [-0.1, -0.05) is 6.92 Å². The van der Waals surface area contributed by atoms with Crippen molar-refractivity contribution in [2.24, 2.45) is 0 Å². The summed E-state index contributed by atoms with van der Waals surface area (Å²) >= 11 is 2.01. The van der Waals surface area contributed by atoms with Crippen LogP contribution in [0, 0.1) is 0 Å². The molecular formula is C15H24N4S. The van der Waals surface area contributed by atoms with Crippen LogP contribution in [0.2, 0.25) is 0 Å². The Morgan fingerprint density at radius 3 is 2.95 bits per heavy atom. The number of aromatic nitrogens is 2. The van der Waals surface area contributed by atoms with Crippen LogP contribution in [-0.2, 0) is 0 Å². The summed E-state index contributed by atoms with van der Waals surface area (Å²) in [5, 5.41) is 3.44. The third-order valence-electron chi connectivity index (χ3n) is 4.01. The highest BCUT2D eigenvalue weighted by molar-refractivity contribution is 7.99. The molecule has 3 rings (SSSR count). The van der Waals surface area contributed by atoms with Gasteiger partial charge in [0, 0.05) is 42.3 Å². The van der Waals surface area contributed by atoms with Crippen LogP contribution in [0.25, 0.3) is 0 Å². The summed E-state index contributed by atoms with van der Waals surface area (Å²) in [6, 6.07) is 2.53. The molecule has 1 atom stereocenters. The van der Waals surface area contributed by atoms with Gasteiger partial charge in [-0.25, -0.2) is 9.97 Å². The van der Waals surface area contributed by atoms with Gasteiger partial charge in [0.2, 0.25) is 0 Å². The number of rotatable bonds is 5. The molecule has 2 aliphatic rings. The Hall–Kier alpha value is -0.810. The van der Waals surface area contributed by atoms with Gasteiger partial charge in [0.15, 0.2) is 0 Å². The maximum atomic E-state index is 4.87. The first-order valence-corrected chi connectivity index (χ1v) is 8.84. The van der Waals surface area contributed by atoms with Crippen molar-refractivity contribution in [2.45, 2.75) is 38.1 Å². The van der Waals surface area contributed by atoms with Gasteiger partial charge in [0.25, 0.3) is 0 Å². The number of nitrogens with zero attached hydrogens (tertiary/aromatic N) is 3. The van der Waals surface area contributed by atoms with Gasteiger partial charge >= 0.3 is 0 Å². The number of hydrogen-bond acceptors (Lipinski definition) is 5. The van der Waals surface area contributed by atoms with E-state index >= 15 is 0 Å². The van der Waals surface area contributed by atoms with Crippen molar-refractivity contribution >= 4 is 17.6 Å². The predicted molar refractivity (Wildman–Crippen MR) is 85.5 cm³/mol. The van der Waals surface area contributed by atoms with Crippen LogP contribution in [0.1, 0.15) is 49.7 Å². The first-order valence-electron chi connectivity index (χ1n) is 7.68. The molecule has 1 saturated heterocycles. The molecule has 4 nitrogen and oxygen atoms in total. The van der Waals surface area contributed by atoms with Crippen molar-refractivity contribution in [3.8, 4) is 0 Å². The topological polar surface area (TPSA) is 41.1 Å². The van der Waals surface area contributed by atoms with E-state index in [1.807, 2.05) is 11.8 Å². The summed E-state index contributed by atoms with van der Waals surface area (Å²) in [4.78, 5) is 12.0. The minimum atomic E-state index is 0.370. The van der Waals surface area contributed by atoms with E-state index in [-0.39, 0.29) is 0 Å². The number of thioether (sulfide) groups is 1. The molecule has 1 aliphatic carbocycles. The lowest BCUT2D eigenvalue weighted by Crippen LogP contribution is -2.34. The monoisotopic (exact) mass is 292 g/mol. The van der Waals surface area contributed by atoms with E-state index in [0.29, 0.717) is 12.0 Å². The second-order valence-electron chi connectivity index (χ2n) is 5.81. The standard InChI is InChI=1S/C15H24N4S/c1-3-6-16-14-9-12(11-4-5-11)17-15(18-14)13-10-20-8-7-19(13)2/h9,11,13H,3-8,10H2,1-2H3,(H,16,17,18). The molecule has 1 unspecified atom stereocenters. The highest BCUT2D eigenvalue weighted by Crippen LogP contribution is 2.40. The lowest BCUT2D eigenvalue weighted by Gasteiger charge is -2.31. The molecule has 0 radical (unpaired) electrons. The minimum absolute atomic E-state index is 0.370. The largest absolute Gasteiger partial charge is 0.370 e. The lowest BCUT2D eigenvalue weighted by atomic mass is 10.2. The molecule has 1 N–H and O–H groups in total. The molecule has 0 amide bonds. The normalized spacial score (nSPS) is 23.8. The molecule has 0 spiro atoms. The van der Waals surface area contributed by atoms with E-state index in [1.165, 1.54) is 24.3 Å². The van der Waals surface area contributed by atoms with Gasteiger partial charge in [-0.2, -0.15) is 11.8 Å². The van der Waals surface area contributed by atoms with Gasteiger partial charge in [-0.05, 0) is 26.3 Å². The quantitative estimate of drug-likeness (QED) is 0.903. The Labute approximate surface area is 125 Å². The Morgan fingerprint density at radius 2 is 2.25 bits per heavy atom. The molecule has 0 bridgehead atoms. The summed E-state index contributed by atoms with van der Waals surface area (Å²) in [7, 11) is 2.19. The zero-order valence-electron chi connectivity index (χ0n) is 12.4. The molecule has 1 aromatic heterocycles. The third-order valence-corrected chi connectivity index (χ3v) is 5.03. The van der Waals surface area contributed by atoms with E-state index < -0.39 is 0 Å². The summed E-state index contributed by atoms with van der Waals surface area (Å²) < 4.78 is 0. The number of nitrogens with one attached hydrogen (secondary N) is 1. The van der Waals surface area contributed by atoms with Crippen LogP contribution in [-0.4, -0.2) is 46.5 Å². The van der Waals surface area contributed by atoms with Crippen LogP contribution in [0.3, 0.4) is 0 Å². The Kier molecular flexibility index (Phi) is 4.46. The molecule has 2 heterocycles. The first kappa shape index (κ1) is 14.1. The Balaban J connectivity index is 1.85. The van der Waals surface area contributed by atoms with Crippen molar-refractivity contribution in [1.82, 2.24) is 14.9 Å². The summed E-state index contributed by atoms with van der Waals surface area (Å²) in [6.07, 6.45) is 3.70. The van der Waals surface area contributed by atoms with Gasteiger partial charge in [0.05, 0.1) is 6.04 Å². The van der Waals surface area contributed by atoms with Crippen molar-refractivity contribution < 1.29 is 0 Å². The average molecular weight is 292 g/mol. The number of hydrogen-bond donors (Lipinski definition) is 1. The highest BCUT2D eigenvalue weighted by atomic mass is 32.2. The van der Waals surface area contributed by atoms with Gasteiger partial charge in [-0.3, -0.25) is 4.90 Å². The van der Waals surface area contributed by atoms with Crippen molar-refractivity contribution in [2.75, 3.05) is 37.0 Å². The maximum absolute atomic E-state index is 4.87. The van der Waals surface area contributed by atoms with E-state index in [4.69, 9.17) is 9.97 Å². The predicted octanol–water partition coefficient (Wildman–Crippen LogP) is 2.90. The molecule has 5 heteroatoms. The zero-order valence-corrected chi connectivity index (χ0v) is 13.2. The lowest BCUT2D eigenvalue weighted by molar-refractivity contribution is 0.264. The maximum Gasteiger partial charge on any atom is 0.148 e. The smallest absolute Gasteiger partial charge is 0.148 e. The fourth-order valence-corrected chi connectivity index (χ4v) is 3.73. The van der Waals surface area contributed by atoms with Gasteiger partial charge < -0.3 is 5.32 Å². The Morgan fingerprint density at radius 1 is 1.40 bits per heavy atom. The SMILES string of the molecule is CCCNc1cc(C2CC2)nc(C2CSCCN2C)n1. The van der Waals surface area contributed by atoms with Gasteiger partial charge in [0.1, 0.15) is 11.6 Å². The summed E-state index contributed by atoms with van der Waals surface area (Å²) in [5.74, 6) is 5.04. The molecule has 110 valence electrons. The van der Waals surface area contributed by atoms with Crippen molar-refractivity contribution in [3.63, 3.8) is 0 Å². The average Bonchev–Trinajstić information content (AvgIpc) is 3.30. The van der Waals surface area contributed by atoms with Gasteiger partial charge in [-0.15, -0.1) is 0 Å². The first-order chi connectivity index (χ1) is 9.78. The van der Waals surface area contributed by atoms with Crippen molar-refractivity contribution in [1.29, 1.82) is 0 Å². The second kappa shape index (κ2) is 6.31. The molecular weight excluding hydrogens is 268 g/mol. The van der Waals surface area contributed by atoms with Crippen molar-refractivity contribution in [3.05, 3.63) is 17.6 Å². The molecule has 20 heavy (non-hydrogen) atoms. The minimum Gasteiger partial charge on any atom is -0.370 e. The molecule has 2 fully saturated rings. The highest BCUT2D eigenvalue weighted by Gasteiger charge is 2.29. The van der Waals surface area contributed by atoms with Crippen LogP contribution in [0.5, 0.6) is 0 Å². The molecule has 0 aromatic carbocycles. The number of anilines is 1. The van der Waals surface area contributed by atoms with E-state index in [1.54, 1.807) is 0 Å². The van der Waals surface area contributed by atoms with Crippen LogP contribution < -0.4 is 5.32 Å². The fraction of sp³-hybridized carbons (Fsp3) is 0.733. The van der Waals surface area contributed by atoms with Crippen LogP contribution in [0.4, 0.5) is 5.82 Å². The molecule has 1 aliphatic heterocycles. The van der Waals surface area contributed by atoms with E-state index in [2.05, 4.69) is 30.3 Å². The van der Waals surface area contributed by atoms with E-state index in [0.717, 1.165) is 36.9 Å². The fourth-order valence-electron chi connectivity index (χ4n) is 2.52. The second-order valence-corrected chi connectivity index (χ2v) is 6.96. The van der Waals surface area contributed by atoms with E-state index in [9.17, 15) is 0 Å². The summed E-state index contributed by atoms with van der Waals surface area (Å²) in [5.41, 5.74) is 1.25. The third kappa shape index (κ3) is 3.26.